The molecule has 0 fully saturated rings. The summed E-state index contributed by atoms with van der Waals surface area (Å²) >= 11 is 0. The van der Waals surface area contributed by atoms with E-state index in [4.69, 9.17) is 14.2 Å². The smallest absolute Gasteiger partial charge is 0.248 e. The predicted molar refractivity (Wildman–Crippen MR) is 104 cm³/mol. The van der Waals surface area contributed by atoms with Crippen LogP contribution in [0, 0.1) is 0 Å². The van der Waals surface area contributed by atoms with Gasteiger partial charge in [0.15, 0.2) is 11.5 Å². The Hall–Kier alpha value is -2.95. The zero-order chi connectivity index (χ0) is 18.9. The lowest BCUT2D eigenvalue weighted by molar-refractivity contribution is -0.111. The van der Waals surface area contributed by atoms with Crippen molar-refractivity contribution in [3.63, 3.8) is 0 Å². The molecule has 0 saturated carbocycles. The third-order valence-corrected chi connectivity index (χ3v) is 3.41. The van der Waals surface area contributed by atoms with Crippen LogP contribution in [0.5, 0.6) is 17.2 Å². The van der Waals surface area contributed by atoms with Crippen molar-refractivity contribution in [3.8, 4) is 17.2 Å². The Morgan fingerprint density at radius 1 is 1.12 bits per heavy atom. The van der Waals surface area contributed by atoms with E-state index in [0.717, 1.165) is 11.3 Å². The van der Waals surface area contributed by atoms with Gasteiger partial charge in [0.1, 0.15) is 5.75 Å². The molecule has 1 N–H and O–H groups in total. The summed E-state index contributed by atoms with van der Waals surface area (Å²) in [7, 11) is 1.59. The highest BCUT2D eigenvalue weighted by atomic mass is 16.5. The molecule has 26 heavy (non-hydrogen) atoms. The second kappa shape index (κ2) is 9.51. The number of nitrogens with one attached hydrogen (secondary N) is 1. The van der Waals surface area contributed by atoms with Crippen LogP contribution in [0.25, 0.3) is 6.08 Å². The number of anilines is 1. The molecule has 2 aromatic rings. The molecule has 0 radical (unpaired) electrons. The molecule has 0 aromatic heterocycles. The highest BCUT2D eigenvalue weighted by Crippen LogP contribution is 2.29. The van der Waals surface area contributed by atoms with E-state index in [1.165, 1.54) is 6.08 Å². The van der Waals surface area contributed by atoms with Gasteiger partial charge in [-0.1, -0.05) is 6.07 Å². The minimum Gasteiger partial charge on any atom is -0.494 e. The standard InChI is InChI=1S/C21H25NO4/c1-5-25-18-10-8-17(9-11-18)22-21(23)13-7-16-6-12-19(26-15(2)3)20(14-16)24-4/h6-15H,5H2,1-4H3,(H,22,23)/b13-7+. The van der Waals surface area contributed by atoms with Crippen LogP contribution >= 0.6 is 0 Å². The van der Waals surface area contributed by atoms with E-state index < -0.39 is 0 Å². The van der Waals surface area contributed by atoms with Crippen molar-refractivity contribution in [2.24, 2.45) is 0 Å². The molecule has 2 rings (SSSR count). The third-order valence-electron chi connectivity index (χ3n) is 3.41. The summed E-state index contributed by atoms with van der Waals surface area (Å²) in [4.78, 5) is 12.1. The topological polar surface area (TPSA) is 56.8 Å². The van der Waals surface area contributed by atoms with E-state index in [-0.39, 0.29) is 12.0 Å². The summed E-state index contributed by atoms with van der Waals surface area (Å²) in [5.74, 6) is 1.87. The van der Waals surface area contributed by atoms with Gasteiger partial charge in [0, 0.05) is 11.8 Å². The number of ether oxygens (including phenoxy) is 3. The van der Waals surface area contributed by atoms with Crippen LogP contribution in [0.4, 0.5) is 5.69 Å². The summed E-state index contributed by atoms with van der Waals surface area (Å²) in [6.45, 7) is 6.45. The maximum atomic E-state index is 12.1. The molecule has 0 saturated heterocycles. The van der Waals surface area contributed by atoms with Gasteiger partial charge in [0.25, 0.3) is 0 Å². The summed E-state index contributed by atoms with van der Waals surface area (Å²) < 4.78 is 16.4. The summed E-state index contributed by atoms with van der Waals surface area (Å²) in [5, 5.41) is 2.81. The molecule has 5 heteroatoms. The Morgan fingerprint density at radius 2 is 1.85 bits per heavy atom. The van der Waals surface area contributed by atoms with Gasteiger partial charge in [-0.3, -0.25) is 4.79 Å². The number of methoxy groups -OCH3 is 1. The van der Waals surface area contributed by atoms with E-state index in [1.54, 1.807) is 25.3 Å². The summed E-state index contributed by atoms with van der Waals surface area (Å²) in [6.07, 6.45) is 3.27. The number of amides is 1. The Kier molecular flexibility index (Phi) is 7.09. The van der Waals surface area contributed by atoms with Gasteiger partial charge in [-0.05, 0) is 68.8 Å². The fourth-order valence-corrected chi connectivity index (χ4v) is 2.30. The van der Waals surface area contributed by atoms with Gasteiger partial charge in [0.05, 0.1) is 19.8 Å². The first-order valence-electron chi connectivity index (χ1n) is 8.58. The zero-order valence-electron chi connectivity index (χ0n) is 15.6. The van der Waals surface area contributed by atoms with E-state index in [9.17, 15) is 4.79 Å². The second-order valence-electron chi connectivity index (χ2n) is 5.86. The molecular weight excluding hydrogens is 330 g/mol. The van der Waals surface area contributed by atoms with Crippen LogP contribution < -0.4 is 19.5 Å². The van der Waals surface area contributed by atoms with Gasteiger partial charge in [-0.15, -0.1) is 0 Å². The Morgan fingerprint density at radius 3 is 2.46 bits per heavy atom. The molecule has 0 atom stereocenters. The van der Waals surface area contributed by atoms with Gasteiger partial charge in [-0.25, -0.2) is 0 Å². The number of rotatable bonds is 8. The van der Waals surface area contributed by atoms with Crippen molar-refractivity contribution in [2.45, 2.75) is 26.9 Å². The molecule has 0 unspecified atom stereocenters. The van der Waals surface area contributed by atoms with Gasteiger partial charge >= 0.3 is 0 Å². The fourth-order valence-electron chi connectivity index (χ4n) is 2.30. The Balaban J connectivity index is 2.00. The highest BCUT2D eigenvalue weighted by Gasteiger charge is 2.07. The van der Waals surface area contributed by atoms with E-state index in [2.05, 4.69) is 5.32 Å². The van der Waals surface area contributed by atoms with Crippen LogP contribution in [0.3, 0.4) is 0 Å². The van der Waals surface area contributed by atoms with Gasteiger partial charge < -0.3 is 19.5 Å². The Bertz CT molecular complexity index is 751. The lowest BCUT2D eigenvalue weighted by Crippen LogP contribution is -2.07. The quantitative estimate of drug-likeness (QED) is 0.707. The molecule has 5 nitrogen and oxygen atoms in total. The maximum absolute atomic E-state index is 12.1. The van der Waals surface area contributed by atoms with Crippen molar-refractivity contribution < 1.29 is 19.0 Å². The minimum absolute atomic E-state index is 0.0604. The molecule has 2 aromatic carbocycles. The molecule has 0 heterocycles. The molecular formula is C21H25NO4. The van der Waals surface area contributed by atoms with Crippen molar-refractivity contribution in [1.29, 1.82) is 0 Å². The SMILES string of the molecule is CCOc1ccc(NC(=O)/C=C/c2ccc(OC(C)C)c(OC)c2)cc1. The summed E-state index contributed by atoms with van der Waals surface area (Å²) in [6, 6.07) is 12.8. The van der Waals surface area contributed by atoms with Crippen molar-refractivity contribution >= 4 is 17.7 Å². The van der Waals surface area contributed by atoms with Crippen LogP contribution in [0.2, 0.25) is 0 Å². The van der Waals surface area contributed by atoms with Gasteiger partial charge in [0.2, 0.25) is 5.91 Å². The molecule has 1 amide bonds. The number of carbonyl (C=O) groups is 1. The van der Waals surface area contributed by atoms with Crippen molar-refractivity contribution in [2.75, 3.05) is 19.0 Å². The maximum Gasteiger partial charge on any atom is 0.248 e. The van der Waals surface area contributed by atoms with Crippen molar-refractivity contribution in [3.05, 3.63) is 54.1 Å². The lowest BCUT2D eigenvalue weighted by atomic mass is 10.2. The van der Waals surface area contributed by atoms with Crippen molar-refractivity contribution in [1.82, 2.24) is 0 Å². The summed E-state index contributed by atoms with van der Waals surface area (Å²) in [5.41, 5.74) is 1.56. The number of carbonyl (C=O) groups excluding carboxylic acids is 1. The molecule has 0 aliphatic carbocycles. The normalized spacial score (nSPS) is 10.8. The van der Waals surface area contributed by atoms with Crippen LogP contribution in [-0.4, -0.2) is 25.7 Å². The zero-order valence-corrected chi connectivity index (χ0v) is 15.6. The molecule has 0 bridgehead atoms. The first-order valence-corrected chi connectivity index (χ1v) is 8.58. The van der Waals surface area contributed by atoms with Gasteiger partial charge in [-0.2, -0.15) is 0 Å². The van der Waals surface area contributed by atoms with Crippen LogP contribution in [0.1, 0.15) is 26.3 Å². The molecule has 138 valence electrons. The largest absolute Gasteiger partial charge is 0.494 e. The van der Waals surface area contributed by atoms with Crippen LogP contribution in [-0.2, 0) is 4.79 Å². The van der Waals surface area contributed by atoms with Crippen LogP contribution in [0.15, 0.2) is 48.5 Å². The number of benzene rings is 2. The van der Waals surface area contributed by atoms with E-state index in [0.29, 0.717) is 23.8 Å². The first-order chi connectivity index (χ1) is 12.5. The monoisotopic (exact) mass is 355 g/mol. The Labute approximate surface area is 154 Å². The number of hydrogen-bond acceptors (Lipinski definition) is 4. The molecule has 0 aliphatic heterocycles. The lowest BCUT2D eigenvalue weighted by Gasteiger charge is -2.13. The molecule has 0 aliphatic rings. The molecule has 0 spiro atoms. The van der Waals surface area contributed by atoms with E-state index in [1.807, 2.05) is 51.1 Å². The minimum atomic E-state index is -0.212. The first kappa shape index (κ1) is 19.4. The average Bonchev–Trinajstić information content (AvgIpc) is 2.62. The average molecular weight is 355 g/mol. The highest BCUT2D eigenvalue weighted by molar-refractivity contribution is 6.01. The van der Waals surface area contributed by atoms with E-state index >= 15 is 0 Å². The fraction of sp³-hybridized carbons (Fsp3) is 0.286. The predicted octanol–water partition coefficient (Wildman–Crippen LogP) is 4.53. The number of hydrogen-bond donors (Lipinski definition) is 1. The third kappa shape index (κ3) is 5.84. The second-order valence-corrected chi connectivity index (χ2v) is 5.86.